The second-order valence-corrected chi connectivity index (χ2v) is 3.69. The number of aliphatic hydroxyl groups is 1. The molecular weight excluding hydrogens is 191 g/mol. The van der Waals surface area contributed by atoms with Crippen molar-refractivity contribution in [3.05, 3.63) is 34.1 Å². The predicted molar refractivity (Wildman–Crippen MR) is 51.5 cm³/mol. The fourth-order valence-corrected chi connectivity index (χ4v) is 1.56. The van der Waals surface area contributed by atoms with E-state index in [2.05, 4.69) is 0 Å². The number of hydrogen-bond acceptors (Lipinski definition) is 1. The molecular formula is C10H12ClFO. The van der Waals surface area contributed by atoms with E-state index in [-0.39, 0.29) is 5.82 Å². The Hall–Kier alpha value is -0.600. The Morgan fingerprint density at radius 3 is 2.69 bits per heavy atom. The van der Waals surface area contributed by atoms with E-state index >= 15 is 0 Å². The van der Waals surface area contributed by atoms with Crippen molar-refractivity contribution in [3.63, 3.8) is 0 Å². The molecule has 0 heterocycles. The smallest absolute Gasteiger partial charge is 0.129 e. The summed E-state index contributed by atoms with van der Waals surface area (Å²) < 4.78 is 13.4. The maximum absolute atomic E-state index is 13.4. The largest absolute Gasteiger partial charge is 0.393 e. The van der Waals surface area contributed by atoms with Crippen LogP contribution in [0.5, 0.6) is 0 Å². The first-order valence-electron chi connectivity index (χ1n) is 4.13. The molecule has 1 atom stereocenters. The zero-order valence-electron chi connectivity index (χ0n) is 7.64. The van der Waals surface area contributed by atoms with Crippen LogP contribution in [-0.2, 0) is 6.42 Å². The van der Waals surface area contributed by atoms with Gasteiger partial charge in [0.2, 0.25) is 0 Å². The van der Waals surface area contributed by atoms with Crippen molar-refractivity contribution in [1.29, 1.82) is 0 Å². The minimum atomic E-state index is -0.549. The zero-order valence-corrected chi connectivity index (χ0v) is 8.40. The standard InChI is InChI=1S/C10H12ClFO/c1-6-3-9(11)5-8(10(6)12)4-7(2)13/h3,5,7,13H,4H2,1-2H3. The third-order valence-electron chi connectivity index (χ3n) is 1.81. The molecule has 1 N–H and O–H groups in total. The van der Waals surface area contributed by atoms with Crippen LogP contribution in [0.2, 0.25) is 5.02 Å². The van der Waals surface area contributed by atoms with Gasteiger partial charge in [-0.05, 0) is 37.1 Å². The van der Waals surface area contributed by atoms with Gasteiger partial charge in [0.25, 0.3) is 0 Å². The quantitative estimate of drug-likeness (QED) is 0.782. The number of aryl methyl sites for hydroxylation is 1. The van der Waals surface area contributed by atoms with E-state index in [1.54, 1.807) is 26.0 Å². The molecule has 0 saturated carbocycles. The Morgan fingerprint density at radius 1 is 1.54 bits per heavy atom. The van der Waals surface area contributed by atoms with E-state index in [1.807, 2.05) is 0 Å². The lowest BCUT2D eigenvalue weighted by molar-refractivity contribution is 0.194. The number of hydrogen-bond donors (Lipinski definition) is 1. The summed E-state index contributed by atoms with van der Waals surface area (Å²) in [6.07, 6.45) is -0.250. The van der Waals surface area contributed by atoms with Crippen molar-refractivity contribution >= 4 is 11.6 Å². The second-order valence-electron chi connectivity index (χ2n) is 3.25. The molecule has 0 aromatic heterocycles. The second kappa shape index (κ2) is 4.07. The molecule has 0 radical (unpaired) electrons. The molecule has 1 aromatic carbocycles. The molecule has 1 nitrogen and oxygen atoms in total. The van der Waals surface area contributed by atoms with E-state index in [0.29, 0.717) is 22.6 Å². The summed E-state index contributed by atoms with van der Waals surface area (Å²) in [6.45, 7) is 3.28. The Labute approximate surface area is 82.2 Å². The van der Waals surface area contributed by atoms with Gasteiger partial charge >= 0.3 is 0 Å². The molecule has 0 amide bonds. The summed E-state index contributed by atoms with van der Waals surface area (Å²) in [7, 11) is 0. The Morgan fingerprint density at radius 2 is 2.15 bits per heavy atom. The monoisotopic (exact) mass is 202 g/mol. The summed E-state index contributed by atoms with van der Waals surface area (Å²) in [5.41, 5.74) is 0.989. The van der Waals surface area contributed by atoms with Crippen molar-refractivity contribution in [2.45, 2.75) is 26.4 Å². The van der Waals surface area contributed by atoms with E-state index in [9.17, 15) is 4.39 Å². The third kappa shape index (κ3) is 2.68. The molecule has 0 aliphatic carbocycles. The SMILES string of the molecule is Cc1cc(Cl)cc(CC(C)O)c1F. The maximum Gasteiger partial charge on any atom is 0.129 e. The molecule has 3 heteroatoms. The molecule has 72 valence electrons. The van der Waals surface area contributed by atoms with Gasteiger partial charge in [0.1, 0.15) is 5.82 Å². The lowest BCUT2D eigenvalue weighted by Crippen LogP contribution is -2.06. The van der Waals surface area contributed by atoms with Crippen molar-refractivity contribution in [2.75, 3.05) is 0 Å². The Balaban J connectivity index is 3.05. The lowest BCUT2D eigenvalue weighted by atomic mass is 10.1. The van der Waals surface area contributed by atoms with Crippen LogP contribution >= 0.6 is 11.6 Å². The topological polar surface area (TPSA) is 20.2 Å². The van der Waals surface area contributed by atoms with Crippen LogP contribution in [0.4, 0.5) is 4.39 Å². The molecule has 13 heavy (non-hydrogen) atoms. The molecule has 0 fully saturated rings. The third-order valence-corrected chi connectivity index (χ3v) is 2.03. The number of halogens is 2. The molecule has 1 rings (SSSR count). The number of rotatable bonds is 2. The first kappa shape index (κ1) is 10.5. The fourth-order valence-electron chi connectivity index (χ4n) is 1.26. The molecule has 0 saturated heterocycles. The molecule has 1 aromatic rings. The lowest BCUT2D eigenvalue weighted by Gasteiger charge is -2.08. The van der Waals surface area contributed by atoms with Crippen LogP contribution in [-0.4, -0.2) is 11.2 Å². The van der Waals surface area contributed by atoms with Crippen LogP contribution in [0, 0.1) is 12.7 Å². The van der Waals surface area contributed by atoms with Crippen LogP contribution < -0.4 is 0 Å². The normalized spacial score (nSPS) is 13.0. The van der Waals surface area contributed by atoms with Crippen LogP contribution in [0.1, 0.15) is 18.1 Å². The molecule has 1 unspecified atom stereocenters. The highest BCUT2D eigenvalue weighted by molar-refractivity contribution is 6.30. The number of benzene rings is 1. The molecule has 0 aliphatic rings. The Bertz CT molecular complexity index is 310. The summed E-state index contributed by atoms with van der Waals surface area (Å²) in [6, 6.07) is 3.12. The highest BCUT2D eigenvalue weighted by Gasteiger charge is 2.09. The summed E-state index contributed by atoms with van der Waals surface area (Å²) >= 11 is 5.76. The maximum atomic E-state index is 13.4. The van der Waals surface area contributed by atoms with E-state index in [1.165, 1.54) is 0 Å². The highest BCUT2D eigenvalue weighted by atomic mass is 35.5. The minimum Gasteiger partial charge on any atom is -0.393 e. The molecule has 0 bridgehead atoms. The molecule has 0 spiro atoms. The van der Waals surface area contributed by atoms with Crippen molar-refractivity contribution in [3.8, 4) is 0 Å². The Kier molecular flexibility index (Phi) is 3.28. The zero-order chi connectivity index (χ0) is 10.0. The van der Waals surface area contributed by atoms with Gasteiger partial charge in [0, 0.05) is 11.4 Å². The first-order chi connectivity index (χ1) is 6.00. The summed E-state index contributed by atoms with van der Waals surface area (Å²) in [4.78, 5) is 0. The van der Waals surface area contributed by atoms with Crippen LogP contribution in [0.25, 0.3) is 0 Å². The van der Waals surface area contributed by atoms with Crippen LogP contribution in [0.15, 0.2) is 12.1 Å². The van der Waals surface area contributed by atoms with Gasteiger partial charge in [-0.1, -0.05) is 11.6 Å². The van der Waals surface area contributed by atoms with Gasteiger partial charge in [-0.15, -0.1) is 0 Å². The van der Waals surface area contributed by atoms with Crippen molar-refractivity contribution in [1.82, 2.24) is 0 Å². The summed E-state index contributed by atoms with van der Waals surface area (Å²) in [5, 5.41) is 9.61. The van der Waals surface area contributed by atoms with Crippen molar-refractivity contribution in [2.24, 2.45) is 0 Å². The van der Waals surface area contributed by atoms with Gasteiger partial charge < -0.3 is 5.11 Å². The van der Waals surface area contributed by atoms with E-state index in [0.717, 1.165) is 0 Å². The average molecular weight is 203 g/mol. The van der Waals surface area contributed by atoms with Gasteiger partial charge in [-0.2, -0.15) is 0 Å². The highest BCUT2D eigenvalue weighted by Crippen LogP contribution is 2.20. The van der Waals surface area contributed by atoms with Gasteiger partial charge in [0.05, 0.1) is 6.10 Å². The van der Waals surface area contributed by atoms with E-state index < -0.39 is 6.10 Å². The van der Waals surface area contributed by atoms with Gasteiger partial charge in [-0.3, -0.25) is 0 Å². The minimum absolute atomic E-state index is 0.273. The summed E-state index contributed by atoms with van der Waals surface area (Å²) in [5.74, 6) is -0.273. The fraction of sp³-hybridized carbons (Fsp3) is 0.400. The molecule has 0 aliphatic heterocycles. The first-order valence-corrected chi connectivity index (χ1v) is 4.51. The van der Waals surface area contributed by atoms with Gasteiger partial charge in [-0.25, -0.2) is 4.39 Å². The van der Waals surface area contributed by atoms with Gasteiger partial charge in [0.15, 0.2) is 0 Å². The van der Waals surface area contributed by atoms with Crippen LogP contribution in [0.3, 0.4) is 0 Å². The van der Waals surface area contributed by atoms with Crippen molar-refractivity contribution < 1.29 is 9.50 Å². The number of aliphatic hydroxyl groups excluding tert-OH is 1. The average Bonchev–Trinajstić information content (AvgIpc) is 1.98. The predicted octanol–water partition coefficient (Wildman–Crippen LogP) is 2.71. The van der Waals surface area contributed by atoms with E-state index in [4.69, 9.17) is 16.7 Å².